The van der Waals surface area contributed by atoms with Crippen LogP contribution in [0.4, 0.5) is 0 Å². The minimum atomic E-state index is -0.322. The minimum absolute atomic E-state index is 0.0130. The number of carbonyl (C=O) groups is 2. The van der Waals surface area contributed by atoms with Crippen LogP contribution in [0, 0.1) is 56.7 Å². The van der Waals surface area contributed by atoms with Crippen LogP contribution in [-0.2, 0) is 19.1 Å². The van der Waals surface area contributed by atoms with Gasteiger partial charge in [-0.1, -0.05) is 46.8 Å². The largest absolute Gasteiger partial charge is 0.469 e. The molecule has 0 spiro atoms. The summed E-state index contributed by atoms with van der Waals surface area (Å²) in [4.78, 5) is 25.3. The van der Waals surface area contributed by atoms with E-state index < -0.39 is 0 Å². The zero-order valence-electron chi connectivity index (χ0n) is 24.9. The highest BCUT2D eigenvalue weighted by atomic mass is 16.5. The van der Waals surface area contributed by atoms with E-state index in [1.807, 2.05) is 0 Å². The third-order valence-electron chi connectivity index (χ3n) is 13.9. The van der Waals surface area contributed by atoms with Gasteiger partial charge in [-0.15, -0.1) is 0 Å². The molecule has 0 aromatic heterocycles. The lowest BCUT2D eigenvalue weighted by Crippen LogP contribution is -2.67. The van der Waals surface area contributed by atoms with Crippen molar-refractivity contribution in [1.82, 2.24) is 0 Å². The minimum Gasteiger partial charge on any atom is -0.469 e. The molecular weight excluding hydrogens is 460 g/mol. The molecule has 0 bridgehead atoms. The van der Waals surface area contributed by atoms with E-state index in [1.54, 1.807) is 14.0 Å². The van der Waals surface area contributed by atoms with E-state index in [0.717, 1.165) is 38.5 Å². The predicted octanol–water partition coefficient (Wildman–Crippen LogP) is 7.75. The second kappa shape index (κ2) is 8.59. The molecule has 0 N–H and O–H groups in total. The number of esters is 2. The van der Waals surface area contributed by atoms with Crippen molar-refractivity contribution in [1.29, 1.82) is 0 Å². The van der Waals surface area contributed by atoms with E-state index in [2.05, 4.69) is 48.1 Å². The Bertz CT molecular complexity index is 983. The van der Waals surface area contributed by atoms with Crippen molar-refractivity contribution < 1.29 is 19.1 Å². The van der Waals surface area contributed by atoms with Gasteiger partial charge in [0.1, 0.15) is 6.10 Å². The third kappa shape index (κ3) is 3.45. The molecule has 5 aliphatic rings. The Morgan fingerprint density at radius 1 is 0.784 bits per heavy atom. The molecule has 0 saturated heterocycles. The Morgan fingerprint density at radius 2 is 1.49 bits per heavy atom. The monoisotopic (exact) mass is 512 g/mol. The first-order valence-electron chi connectivity index (χ1n) is 15.1. The lowest BCUT2D eigenvalue weighted by atomic mass is 9.32. The topological polar surface area (TPSA) is 52.6 Å². The van der Waals surface area contributed by atoms with Crippen LogP contribution in [0.15, 0.2) is 12.2 Å². The van der Waals surface area contributed by atoms with Crippen LogP contribution < -0.4 is 0 Å². The van der Waals surface area contributed by atoms with Crippen LogP contribution in [0.1, 0.15) is 113 Å². The average Bonchev–Trinajstić information content (AvgIpc) is 3.22. The number of fused-ring (bicyclic) bond motifs is 7. The molecule has 0 heterocycles. The van der Waals surface area contributed by atoms with Gasteiger partial charge >= 0.3 is 11.9 Å². The third-order valence-corrected chi connectivity index (χ3v) is 13.9. The summed E-state index contributed by atoms with van der Waals surface area (Å²) in [7, 11) is 1.59. The average molecular weight is 513 g/mol. The summed E-state index contributed by atoms with van der Waals surface area (Å²) >= 11 is 0. The maximum absolute atomic E-state index is 13.4. The zero-order valence-corrected chi connectivity index (χ0v) is 24.9. The van der Waals surface area contributed by atoms with Gasteiger partial charge in [-0.2, -0.15) is 0 Å². The van der Waals surface area contributed by atoms with Crippen LogP contribution in [0.3, 0.4) is 0 Å². The van der Waals surface area contributed by atoms with Crippen LogP contribution in [0.5, 0.6) is 0 Å². The first kappa shape index (κ1) is 27.3. The van der Waals surface area contributed by atoms with Gasteiger partial charge in [0.15, 0.2) is 0 Å². The molecule has 0 amide bonds. The molecule has 5 aliphatic carbocycles. The smallest absolute Gasteiger partial charge is 0.312 e. The first-order valence-corrected chi connectivity index (χ1v) is 15.1. The molecule has 5 rings (SSSR count). The Labute approximate surface area is 225 Å². The maximum atomic E-state index is 13.4. The highest BCUT2D eigenvalue weighted by Gasteiger charge is 2.72. The molecule has 3 unspecified atom stereocenters. The number of carbonyl (C=O) groups excluding carboxylic acids is 2. The van der Waals surface area contributed by atoms with E-state index in [-0.39, 0.29) is 45.1 Å². The lowest BCUT2D eigenvalue weighted by Gasteiger charge is -2.72. The van der Waals surface area contributed by atoms with Crippen LogP contribution in [0.25, 0.3) is 0 Å². The van der Waals surface area contributed by atoms with Crippen LogP contribution in [-0.4, -0.2) is 25.2 Å². The first-order chi connectivity index (χ1) is 17.2. The summed E-state index contributed by atoms with van der Waals surface area (Å²) in [6, 6.07) is 0. The molecule has 208 valence electrons. The van der Waals surface area contributed by atoms with Gasteiger partial charge in [0.25, 0.3) is 0 Å². The van der Waals surface area contributed by atoms with Gasteiger partial charge in [-0.3, -0.25) is 9.59 Å². The summed E-state index contributed by atoms with van der Waals surface area (Å²) in [5.41, 5.74) is 1.63. The molecule has 10 atom stereocenters. The van der Waals surface area contributed by atoms with Gasteiger partial charge in [0.05, 0.1) is 12.5 Å². The molecule has 0 aliphatic heterocycles. The van der Waals surface area contributed by atoms with Gasteiger partial charge in [-0.05, 0) is 117 Å². The summed E-state index contributed by atoms with van der Waals surface area (Å²) < 4.78 is 11.4. The van der Waals surface area contributed by atoms with Crippen LogP contribution >= 0.6 is 0 Å². The van der Waals surface area contributed by atoms with Gasteiger partial charge in [0.2, 0.25) is 0 Å². The lowest BCUT2D eigenvalue weighted by molar-refractivity contribution is -0.250. The Kier molecular flexibility index (Phi) is 6.33. The van der Waals surface area contributed by atoms with E-state index >= 15 is 0 Å². The van der Waals surface area contributed by atoms with Crippen molar-refractivity contribution in [2.45, 2.75) is 119 Å². The SMILES string of the molecule is C=C(C)[C@@H]1CC[C@]2(C(=O)OC)CC[C@]3(C)[C@H](CCC4[C@@]5(C)CC[C@H](OC(C)=O)C(C)(C)C5CC[C@]43C)C12. The fourth-order valence-electron chi connectivity index (χ4n) is 12.1. The molecule has 0 radical (unpaired) electrons. The standard InChI is InChI=1S/C33H52O4/c1-20(2)22-12-17-33(28(35)36-9)19-18-31(7)23(27(22)33)10-11-25-30(6)15-14-26(37-21(3)34)29(4,5)24(30)13-16-32(25,31)8/h22-27H,1,10-19H2,2-9H3/t22-,23+,24?,25?,26-,27?,30-,31+,32+,33-/m0/s1. The summed E-state index contributed by atoms with van der Waals surface area (Å²) in [6.45, 7) is 20.7. The number of rotatable bonds is 3. The van der Waals surface area contributed by atoms with Gasteiger partial charge < -0.3 is 9.47 Å². The molecular formula is C33H52O4. The molecule has 0 aromatic carbocycles. The summed E-state index contributed by atoms with van der Waals surface area (Å²) in [5.74, 6) is 2.43. The van der Waals surface area contributed by atoms with Crippen molar-refractivity contribution in [2.75, 3.05) is 7.11 Å². The molecule has 5 saturated carbocycles. The molecule has 4 nitrogen and oxygen atoms in total. The molecule has 37 heavy (non-hydrogen) atoms. The Balaban J connectivity index is 1.52. The fraction of sp³-hybridized carbons (Fsp3) is 0.879. The van der Waals surface area contributed by atoms with E-state index in [0.29, 0.717) is 29.6 Å². The normalized spacial score (nSPS) is 50.1. The summed E-state index contributed by atoms with van der Waals surface area (Å²) in [5, 5.41) is 0. The van der Waals surface area contributed by atoms with E-state index in [1.165, 1.54) is 31.3 Å². The Morgan fingerprint density at radius 3 is 2.11 bits per heavy atom. The van der Waals surface area contributed by atoms with E-state index in [9.17, 15) is 9.59 Å². The zero-order chi connectivity index (χ0) is 27.2. The van der Waals surface area contributed by atoms with Gasteiger partial charge in [0, 0.05) is 12.3 Å². The van der Waals surface area contributed by atoms with Crippen molar-refractivity contribution in [3.05, 3.63) is 12.2 Å². The highest BCUT2D eigenvalue weighted by molar-refractivity contribution is 5.78. The number of hydrogen-bond donors (Lipinski definition) is 0. The van der Waals surface area contributed by atoms with Crippen LogP contribution in [0.2, 0.25) is 0 Å². The molecule has 4 heteroatoms. The Hall–Kier alpha value is -1.32. The second-order valence-corrected chi connectivity index (χ2v) is 15.3. The quantitative estimate of drug-likeness (QED) is 0.286. The van der Waals surface area contributed by atoms with Crippen molar-refractivity contribution in [2.24, 2.45) is 56.7 Å². The van der Waals surface area contributed by atoms with Gasteiger partial charge in [-0.25, -0.2) is 0 Å². The maximum Gasteiger partial charge on any atom is 0.312 e. The molecule has 5 fully saturated rings. The fourth-order valence-corrected chi connectivity index (χ4v) is 12.1. The van der Waals surface area contributed by atoms with Crippen molar-refractivity contribution in [3.63, 3.8) is 0 Å². The number of methoxy groups -OCH3 is 1. The number of allylic oxidation sites excluding steroid dienone is 1. The van der Waals surface area contributed by atoms with Crippen molar-refractivity contribution in [3.8, 4) is 0 Å². The number of ether oxygens (including phenoxy) is 2. The highest BCUT2D eigenvalue weighted by Crippen LogP contribution is 2.77. The van der Waals surface area contributed by atoms with Crippen molar-refractivity contribution >= 4 is 11.9 Å². The van der Waals surface area contributed by atoms with E-state index in [4.69, 9.17) is 9.47 Å². The second-order valence-electron chi connectivity index (χ2n) is 15.3. The number of hydrogen-bond acceptors (Lipinski definition) is 4. The predicted molar refractivity (Wildman–Crippen MR) is 147 cm³/mol. The summed E-state index contributed by atoms with van der Waals surface area (Å²) in [6.07, 6.45) is 11.1. The molecule has 0 aromatic rings.